The number of carbonyl (C=O) groups is 6. The number of piperidine rings is 7. The van der Waals surface area contributed by atoms with Gasteiger partial charge in [0.25, 0.3) is 0 Å². The first-order chi connectivity index (χ1) is 46.0. The molecule has 1 aromatic carbocycles. The third-order valence-electron chi connectivity index (χ3n) is 24.4. The topological polar surface area (TPSA) is 245 Å². The van der Waals surface area contributed by atoms with Gasteiger partial charge in [0.15, 0.2) is 12.2 Å². The van der Waals surface area contributed by atoms with Crippen LogP contribution in [-0.4, -0.2) is 197 Å². The number of carbonyl (C=O) groups excluding carboxylic acids is 6. The predicted octanol–water partition coefficient (Wildman–Crippen LogP) is 12.7. The third kappa shape index (κ3) is 20.5. The Morgan fingerprint density at radius 2 is 0.676 bits per heavy atom. The molecule has 7 aliphatic rings. The number of hydrogen-bond donors (Lipinski definition) is 5. The molecular weight excluding hydrogens is 1290 g/mol. The van der Waals surface area contributed by atoms with E-state index < -0.39 is 153 Å². The molecule has 1 aromatic rings. The zero-order chi connectivity index (χ0) is 76.9. The summed E-state index contributed by atoms with van der Waals surface area (Å²) in [5.74, 6) is -6.19. The zero-order valence-corrected chi connectivity index (χ0v) is 68.5. The van der Waals surface area contributed by atoms with Crippen LogP contribution in [0.1, 0.15) is 332 Å². The molecule has 0 bridgehead atoms. The Morgan fingerprint density at radius 3 is 1.06 bits per heavy atom. The number of nitrogens with zero attached hydrogens (tertiary/aromatic N) is 3. The van der Waals surface area contributed by atoms with Gasteiger partial charge in [0.2, 0.25) is 0 Å². The molecule has 6 unspecified atom stereocenters. The van der Waals surface area contributed by atoms with Crippen molar-refractivity contribution in [3.05, 3.63) is 34.4 Å². The molecule has 580 valence electrons. The van der Waals surface area contributed by atoms with Crippen molar-refractivity contribution in [1.82, 2.24) is 36.0 Å². The Kier molecular flexibility index (Phi) is 23.4. The average molecular weight is 1430 g/mol. The Bertz CT molecular complexity index is 3190. The van der Waals surface area contributed by atoms with Crippen LogP contribution in [0.25, 0.3) is 0 Å². The van der Waals surface area contributed by atoms with Crippen molar-refractivity contribution in [2.24, 2.45) is 5.92 Å². The van der Waals surface area contributed by atoms with Crippen molar-refractivity contribution < 1.29 is 67.0 Å². The smallest absolute Gasteiger partial charge is 0.339 e. The van der Waals surface area contributed by atoms with Gasteiger partial charge in [0, 0.05) is 160 Å². The van der Waals surface area contributed by atoms with E-state index in [1.165, 1.54) is 12.1 Å². The van der Waals surface area contributed by atoms with Gasteiger partial charge in [-0.1, -0.05) is 0 Å². The number of esters is 6. The van der Waals surface area contributed by atoms with Gasteiger partial charge in [-0.25, -0.2) is 14.4 Å². The quantitative estimate of drug-likeness (QED) is 0.0374. The average Bonchev–Trinajstić information content (AvgIpc) is 0.770. The number of benzene rings is 1. The van der Waals surface area contributed by atoms with E-state index in [1.54, 1.807) is 0 Å². The fourth-order valence-corrected chi connectivity index (χ4v) is 20.4. The molecule has 0 saturated carbocycles. The summed E-state index contributed by atoms with van der Waals surface area (Å²) in [7, 11) is 6.25. The van der Waals surface area contributed by atoms with E-state index >= 15 is 14.4 Å². The number of hydrogen-bond acceptors (Lipinski definition) is 21. The maximum atomic E-state index is 15.2. The predicted molar refractivity (Wildman–Crippen MR) is 397 cm³/mol. The maximum Gasteiger partial charge on any atom is 0.339 e. The first kappa shape index (κ1) is 83.3. The zero-order valence-electron chi connectivity index (χ0n) is 68.5. The van der Waals surface area contributed by atoms with Gasteiger partial charge in [-0.05, 0) is 239 Å². The summed E-state index contributed by atoms with van der Waals surface area (Å²) in [5.41, 5.74) is -6.35. The Labute approximate surface area is 613 Å². The van der Waals surface area contributed by atoms with Crippen molar-refractivity contribution in [3.63, 3.8) is 0 Å². The van der Waals surface area contributed by atoms with Crippen molar-refractivity contribution in [2.75, 3.05) is 21.1 Å². The van der Waals surface area contributed by atoms with Crippen LogP contribution in [0.4, 0.5) is 0 Å². The summed E-state index contributed by atoms with van der Waals surface area (Å²) < 4.78 is 45.2. The van der Waals surface area contributed by atoms with Gasteiger partial charge in [0.1, 0.15) is 36.6 Å². The number of rotatable bonds is 19. The highest BCUT2D eigenvalue weighted by Gasteiger charge is 2.53. The lowest BCUT2D eigenvalue weighted by atomic mass is 9.71. The maximum absolute atomic E-state index is 15.2. The van der Waals surface area contributed by atoms with E-state index in [1.807, 2.05) is 0 Å². The van der Waals surface area contributed by atoms with Crippen LogP contribution in [0, 0.1) is 5.92 Å². The molecule has 7 aliphatic heterocycles. The number of aliphatic hydroxyl groups excluding tert-OH is 1. The van der Waals surface area contributed by atoms with Crippen molar-refractivity contribution in [3.8, 4) is 0 Å². The van der Waals surface area contributed by atoms with E-state index in [0.29, 0.717) is 103 Å². The molecule has 0 aliphatic carbocycles. The summed E-state index contributed by atoms with van der Waals surface area (Å²) in [5, 5.41) is 27.8. The van der Waals surface area contributed by atoms with Crippen molar-refractivity contribution in [2.45, 2.75) is 416 Å². The van der Waals surface area contributed by atoms with E-state index in [9.17, 15) is 19.5 Å². The third-order valence-corrected chi connectivity index (χ3v) is 24.4. The van der Waals surface area contributed by atoms with Crippen LogP contribution < -0.4 is 21.3 Å². The second kappa shape index (κ2) is 28.7. The molecular formula is C81H137N7O14. The first-order valence-corrected chi connectivity index (χ1v) is 38.2. The van der Waals surface area contributed by atoms with E-state index in [4.69, 9.17) is 33.2 Å². The minimum atomic E-state index is -1.80. The van der Waals surface area contributed by atoms with Crippen LogP contribution in [0.2, 0.25) is 0 Å². The molecule has 21 nitrogen and oxygen atoms in total. The number of likely N-dealkylation sites (tertiary alicyclic amines) is 3. The number of ether oxygens (including phenoxy) is 7. The summed E-state index contributed by atoms with van der Waals surface area (Å²) in [6.45, 7) is 54.5. The molecule has 0 amide bonds. The van der Waals surface area contributed by atoms with E-state index in [0.717, 1.165) is 0 Å². The molecule has 0 spiro atoms. The second-order valence-corrected chi connectivity index (χ2v) is 41.0. The lowest BCUT2D eigenvalue weighted by molar-refractivity contribution is -0.183. The fraction of sp³-hybridized carbons (Fsp3) is 0.852. The SMILES string of the molecule is CN1C(C)(C)CC(OC(=O)CC(C(=O)OC2CC(C)(C)N(C)C(C)(C)C2)C(=O)OC2CC(C)(C)N(C)C(C)(CCC3(C)CC(OC(O)c4cc(C(=O)OC5CC(C)(C)NC(C)(C)C5)c(C(=O)OC5CC(C)(C)NC(C)(C)C5)cc4C(=O)OC4CC(C)(C)NC(C)(C)C4)CC(C)(C)N3)C2)CC1(C)C. The lowest BCUT2D eigenvalue weighted by Crippen LogP contribution is -2.64. The molecule has 102 heavy (non-hydrogen) atoms. The molecule has 7 saturated heterocycles. The minimum absolute atomic E-state index is 0.0456. The minimum Gasteiger partial charge on any atom is -0.462 e. The summed E-state index contributed by atoms with van der Waals surface area (Å²) in [6.07, 6.45) is 1.99. The van der Waals surface area contributed by atoms with Gasteiger partial charge < -0.3 is 59.5 Å². The molecule has 0 aromatic heterocycles. The monoisotopic (exact) mass is 1430 g/mol. The Morgan fingerprint density at radius 1 is 0.373 bits per heavy atom. The van der Waals surface area contributed by atoms with Gasteiger partial charge >= 0.3 is 35.8 Å². The molecule has 7 fully saturated rings. The largest absolute Gasteiger partial charge is 0.462 e. The summed E-state index contributed by atoms with van der Waals surface area (Å²) in [4.78, 5) is 96.3. The standard InChI is InChI=1S/C81H137N7O14/c1-68(2)35-49(36-69(3,4)82-68)97-62(90)56-32-58(64(92)99-51-39-72(9,10)84-73(11,12)40-51)59(33-57(56)63(91)98-50-37-70(5,6)83-71(7,8)38-50)65(93)100-52-41-74(13,14)85-80(25,47-52)30-31-81(26)48-55(46-79(23,24)88(81)29)102-67(95)60(66(94)101-54-44-77(19,20)87(28)78(21,22)45-54)34-61(89)96-53-42-75(15,16)86(27)76(17,18)43-53/h32-33,49-55,60,65,82-85,93H,30-31,34-48H2,1-29H3. The highest BCUT2D eigenvalue weighted by molar-refractivity contribution is 6.06. The van der Waals surface area contributed by atoms with E-state index in [-0.39, 0.29) is 44.4 Å². The van der Waals surface area contributed by atoms with Gasteiger partial charge in [-0.15, -0.1) is 0 Å². The molecule has 21 heteroatoms. The number of aliphatic hydroxyl groups is 1. The van der Waals surface area contributed by atoms with Crippen molar-refractivity contribution >= 4 is 35.8 Å². The molecule has 6 atom stereocenters. The molecule has 8 rings (SSSR count). The highest BCUT2D eigenvalue weighted by Crippen LogP contribution is 2.47. The molecule has 0 radical (unpaired) electrons. The van der Waals surface area contributed by atoms with Crippen LogP contribution in [0.5, 0.6) is 0 Å². The normalized spacial score (nSPS) is 30.6. The van der Waals surface area contributed by atoms with Crippen LogP contribution in [0.3, 0.4) is 0 Å². The lowest BCUT2D eigenvalue weighted by Gasteiger charge is -2.56. The molecule has 7 heterocycles. The summed E-state index contributed by atoms with van der Waals surface area (Å²) >= 11 is 0. The Balaban J connectivity index is 1.07. The number of nitrogens with one attached hydrogen (secondary N) is 4. The van der Waals surface area contributed by atoms with Gasteiger partial charge in [-0.2, -0.15) is 0 Å². The molecule has 5 N–H and O–H groups in total. The van der Waals surface area contributed by atoms with Gasteiger partial charge in [0.05, 0.1) is 29.2 Å². The first-order valence-electron chi connectivity index (χ1n) is 38.2. The van der Waals surface area contributed by atoms with Crippen LogP contribution in [0.15, 0.2) is 12.1 Å². The van der Waals surface area contributed by atoms with E-state index in [2.05, 4.69) is 237 Å². The summed E-state index contributed by atoms with van der Waals surface area (Å²) in [6, 6.07) is 2.72. The second-order valence-electron chi connectivity index (χ2n) is 41.0. The Hall–Kier alpha value is -4.32. The fourth-order valence-electron chi connectivity index (χ4n) is 20.4. The van der Waals surface area contributed by atoms with Crippen LogP contribution >= 0.6 is 0 Å². The highest BCUT2D eigenvalue weighted by atomic mass is 16.6. The van der Waals surface area contributed by atoms with Crippen LogP contribution in [-0.2, 0) is 47.5 Å². The van der Waals surface area contributed by atoms with Gasteiger partial charge in [-0.3, -0.25) is 29.1 Å². The van der Waals surface area contributed by atoms with Crippen molar-refractivity contribution in [1.29, 1.82) is 0 Å².